The maximum Gasteiger partial charge on any atom is 0.358 e. The molecule has 0 saturated heterocycles. The van der Waals surface area contributed by atoms with Gasteiger partial charge in [-0.2, -0.15) is 0 Å². The van der Waals surface area contributed by atoms with E-state index in [9.17, 15) is 14.3 Å². The van der Waals surface area contributed by atoms with Crippen LogP contribution in [0.4, 0.5) is 4.39 Å². The molecular weight excluding hydrogens is 403 g/mol. The molecule has 1 aromatic heterocycles. The van der Waals surface area contributed by atoms with Crippen LogP contribution in [0.1, 0.15) is 54.7 Å². The second kappa shape index (κ2) is 7.63. The summed E-state index contributed by atoms with van der Waals surface area (Å²) in [7, 11) is 0. The highest BCUT2D eigenvalue weighted by atomic mass is 79.9. The topological polar surface area (TPSA) is 64.3 Å². The Hall–Kier alpha value is -1.44. The summed E-state index contributed by atoms with van der Waals surface area (Å²) in [4.78, 5) is 16.3. The molecule has 0 saturated carbocycles. The first-order valence-electron chi connectivity index (χ1n) is 7.35. The SMILES string of the molecule is CCOC(=O)c1nc(Br)n(C(C)C)c1C(O)c1ccc(Cl)c(F)c1. The first kappa shape index (κ1) is 18.9. The Morgan fingerprint density at radius 1 is 1.50 bits per heavy atom. The number of imidazole rings is 1. The number of carbonyl (C=O) groups excluding carboxylic acids is 1. The molecule has 0 spiro atoms. The van der Waals surface area contributed by atoms with E-state index in [1.807, 2.05) is 13.8 Å². The van der Waals surface area contributed by atoms with E-state index >= 15 is 0 Å². The van der Waals surface area contributed by atoms with Crippen molar-refractivity contribution >= 4 is 33.5 Å². The molecule has 0 aliphatic carbocycles. The van der Waals surface area contributed by atoms with Crippen LogP contribution in [-0.2, 0) is 4.74 Å². The fourth-order valence-corrected chi connectivity index (χ4v) is 3.25. The standard InChI is InChI=1S/C16H17BrClFN2O3/c1-4-24-15(23)12-13(21(8(2)3)16(17)20-12)14(22)9-5-6-10(18)11(19)7-9/h5-8,14,22H,4H2,1-3H3. The lowest BCUT2D eigenvalue weighted by Crippen LogP contribution is -2.16. The van der Waals surface area contributed by atoms with Gasteiger partial charge in [-0.05, 0) is 54.4 Å². The molecule has 0 aliphatic heterocycles. The van der Waals surface area contributed by atoms with Crippen molar-refractivity contribution < 1.29 is 19.0 Å². The van der Waals surface area contributed by atoms with Crippen LogP contribution in [0.2, 0.25) is 5.02 Å². The third kappa shape index (κ3) is 3.63. The summed E-state index contributed by atoms with van der Waals surface area (Å²) < 4.78 is 20.8. The van der Waals surface area contributed by atoms with Crippen LogP contribution in [0, 0.1) is 5.82 Å². The fourth-order valence-electron chi connectivity index (χ4n) is 2.36. The maximum atomic E-state index is 13.7. The lowest BCUT2D eigenvalue weighted by molar-refractivity contribution is 0.0513. The fraction of sp³-hybridized carbons (Fsp3) is 0.375. The van der Waals surface area contributed by atoms with Gasteiger partial charge in [0.15, 0.2) is 10.4 Å². The highest BCUT2D eigenvalue weighted by Gasteiger charge is 2.29. The molecule has 1 N–H and O–H groups in total. The molecule has 1 atom stereocenters. The largest absolute Gasteiger partial charge is 0.461 e. The van der Waals surface area contributed by atoms with Crippen molar-refractivity contribution in [1.82, 2.24) is 9.55 Å². The van der Waals surface area contributed by atoms with Gasteiger partial charge in [-0.25, -0.2) is 14.2 Å². The van der Waals surface area contributed by atoms with Crippen LogP contribution in [0.25, 0.3) is 0 Å². The number of nitrogens with zero attached hydrogens (tertiary/aromatic N) is 2. The zero-order valence-electron chi connectivity index (χ0n) is 13.4. The molecule has 0 aliphatic rings. The molecule has 24 heavy (non-hydrogen) atoms. The highest BCUT2D eigenvalue weighted by Crippen LogP contribution is 2.32. The van der Waals surface area contributed by atoms with Crippen molar-refractivity contribution in [3.8, 4) is 0 Å². The smallest absolute Gasteiger partial charge is 0.358 e. The molecule has 1 unspecified atom stereocenters. The van der Waals surface area contributed by atoms with Crippen molar-refractivity contribution in [1.29, 1.82) is 0 Å². The number of rotatable bonds is 5. The molecule has 0 radical (unpaired) electrons. The third-order valence-electron chi connectivity index (χ3n) is 3.41. The first-order chi connectivity index (χ1) is 11.3. The van der Waals surface area contributed by atoms with Gasteiger partial charge in [0.2, 0.25) is 0 Å². The maximum absolute atomic E-state index is 13.7. The van der Waals surface area contributed by atoms with E-state index in [0.29, 0.717) is 4.73 Å². The molecule has 0 bridgehead atoms. The number of aromatic nitrogens is 2. The number of carbonyl (C=O) groups is 1. The Bertz CT molecular complexity index is 764. The summed E-state index contributed by atoms with van der Waals surface area (Å²) in [6, 6.07) is 3.88. The Morgan fingerprint density at radius 3 is 2.71 bits per heavy atom. The van der Waals surface area contributed by atoms with Crippen LogP contribution in [0.3, 0.4) is 0 Å². The molecule has 2 rings (SSSR count). The van der Waals surface area contributed by atoms with Crippen LogP contribution >= 0.6 is 27.5 Å². The second-order valence-corrected chi connectivity index (χ2v) is 6.49. The Balaban J connectivity index is 2.60. The van der Waals surface area contributed by atoms with Gasteiger partial charge in [-0.3, -0.25) is 0 Å². The van der Waals surface area contributed by atoms with E-state index in [-0.39, 0.29) is 34.6 Å². The van der Waals surface area contributed by atoms with Gasteiger partial charge in [-0.15, -0.1) is 0 Å². The molecule has 0 fully saturated rings. The van der Waals surface area contributed by atoms with Gasteiger partial charge >= 0.3 is 5.97 Å². The van der Waals surface area contributed by atoms with E-state index in [0.717, 1.165) is 6.07 Å². The van der Waals surface area contributed by atoms with Crippen LogP contribution < -0.4 is 0 Å². The zero-order valence-corrected chi connectivity index (χ0v) is 15.7. The molecule has 0 amide bonds. The number of halogens is 3. The summed E-state index contributed by atoms with van der Waals surface area (Å²) in [6.45, 7) is 5.60. The van der Waals surface area contributed by atoms with E-state index < -0.39 is 17.9 Å². The molecule has 2 aromatic rings. The van der Waals surface area contributed by atoms with Crippen molar-refractivity contribution in [2.24, 2.45) is 0 Å². The number of esters is 1. The number of aliphatic hydroxyl groups is 1. The van der Waals surface area contributed by atoms with Gasteiger partial charge in [0, 0.05) is 6.04 Å². The zero-order chi connectivity index (χ0) is 18.0. The molecule has 130 valence electrons. The summed E-state index contributed by atoms with van der Waals surface area (Å²) in [6.07, 6.45) is -1.27. The predicted molar refractivity (Wildman–Crippen MR) is 91.7 cm³/mol. The summed E-state index contributed by atoms with van der Waals surface area (Å²) >= 11 is 8.98. The Labute approximate surface area is 152 Å². The van der Waals surface area contributed by atoms with Crippen molar-refractivity contribution in [2.75, 3.05) is 6.61 Å². The molecule has 1 aromatic carbocycles. The minimum Gasteiger partial charge on any atom is -0.461 e. The van der Waals surface area contributed by atoms with E-state index in [4.69, 9.17) is 16.3 Å². The minimum atomic E-state index is -1.27. The van der Waals surface area contributed by atoms with Crippen LogP contribution in [-0.4, -0.2) is 27.2 Å². The number of ether oxygens (including phenoxy) is 1. The van der Waals surface area contributed by atoms with Crippen molar-refractivity contribution in [3.05, 3.63) is 50.7 Å². The molecule has 1 heterocycles. The lowest BCUT2D eigenvalue weighted by atomic mass is 10.0. The summed E-state index contributed by atoms with van der Waals surface area (Å²) in [5.41, 5.74) is 0.481. The van der Waals surface area contributed by atoms with Crippen molar-refractivity contribution in [2.45, 2.75) is 32.9 Å². The van der Waals surface area contributed by atoms with E-state index in [2.05, 4.69) is 20.9 Å². The summed E-state index contributed by atoms with van der Waals surface area (Å²) in [5.74, 6) is -1.30. The van der Waals surface area contributed by atoms with Crippen molar-refractivity contribution in [3.63, 3.8) is 0 Å². The van der Waals surface area contributed by atoms with E-state index in [1.54, 1.807) is 11.5 Å². The van der Waals surface area contributed by atoms with Gasteiger partial charge in [-0.1, -0.05) is 17.7 Å². The average molecular weight is 420 g/mol. The Morgan fingerprint density at radius 2 is 2.17 bits per heavy atom. The quantitative estimate of drug-likeness (QED) is 0.735. The lowest BCUT2D eigenvalue weighted by Gasteiger charge is -2.19. The molecule has 8 heteroatoms. The normalized spacial score (nSPS) is 12.5. The van der Waals surface area contributed by atoms with Gasteiger partial charge in [0.1, 0.15) is 11.9 Å². The number of hydrogen-bond acceptors (Lipinski definition) is 4. The number of hydrogen-bond donors (Lipinski definition) is 1. The number of benzene rings is 1. The van der Waals surface area contributed by atoms with Crippen LogP contribution in [0.15, 0.2) is 22.9 Å². The van der Waals surface area contributed by atoms with E-state index in [1.165, 1.54) is 12.1 Å². The highest BCUT2D eigenvalue weighted by molar-refractivity contribution is 9.10. The monoisotopic (exact) mass is 418 g/mol. The van der Waals surface area contributed by atoms with Crippen LogP contribution in [0.5, 0.6) is 0 Å². The third-order valence-corrected chi connectivity index (χ3v) is 4.27. The molecular formula is C16H17BrClFN2O3. The number of aliphatic hydroxyl groups excluding tert-OH is 1. The Kier molecular flexibility index (Phi) is 6.01. The average Bonchev–Trinajstić information content (AvgIpc) is 2.87. The van der Waals surface area contributed by atoms with Gasteiger partial charge in [0.05, 0.1) is 17.3 Å². The minimum absolute atomic E-state index is 0.0136. The predicted octanol–water partition coefficient (Wildman–Crippen LogP) is 4.28. The summed E-state index contributed by atoms with van der Waals surface area (Å²) in [5, 5.41) is 10.7. The first-order valence-corrected chi connectivity index (χ1v) is 8.52. The second-order valence-electron chi connectivity index (χ2n) is 5.37. The van der Waals surface area contributed by atoms with Gasteiger partial charge in [0.25, 0.3) is 0 Å². The molecule has 5 nitrogen and oxygen atoms in total. The van der Waals surface area contributed by atoms with Gasteiger partial charge < -0.3 is 14.4 Å².